The third-order valence-electron chi connectivity index (χ3n) is 6.33. The van der Waals surface area contributed by atoms with Gasteiger partial charge in [-0.05, 0) is 50.3 Å². The van der Waals surface area contributed by atoms with Gasteiger partial charge in [0.15, 0.2) is 0 Å². The van der Waals surface area contributed by atoms with Crippen molar-refractivity contribution in [2.24, 2.45) is 17.2 Å². The molecule has 4 amide bonds. The van der Waals surface area contributed by atoms with Crippen LogP contribution >= 0.6 is 0 Å². The summed E-state index contributed by atoms with van der Waals surface area (Å²) in [6, 6.07) is 2.14. The van der Waals surface area contributed by atoms with E-state index in [0.717, 1.165) is 16.5 Å². The number of amides is 4. The number of rotatable bonds is 18. The van der Waals surface area contributed by atoms with Crippen LogP contribution in [0.25, 0.3) is 10.9 Å². The van der Waals surface area contributed by atoms with Gasteiger partial charge in [-0.1, -0.05) is 18.2 Å². The van der Waals surface area contributed by atoms with Crippen LogP contribution in [0.2, 0.25) is 0 Å². The van der Waals surface area contributed by atoms with Gasteiger partial charge >= 0.3 is 11.9 Å². The topological polar surface area (TPSA) is 273 Å². The number of aliphatic carboxylic acids is 2. The summed E-state index contributed by atoms with van der Waals surface area (Å²) in [6.45, 7) is 0.336. The Morgan fingerprint density at radius 2 is 1.46 bits per heavy atom. The van der Waals surface area contributed by atoms with Crippen LogP contribution < -0.4 is 33.2 Å². The molecule has 0 bridgehead atoms. The number of H-pyrrole nitrogens is 1. The van der Waals surface area contributed by atoms with Gasteiger partial charge in [-0.25, -0.2) is 4.79 Å². The standard InChI is InChI=1S/C26H37N7O8/c27-10-4-3-7-18(31-23(37)16(28)11-14-13-30-17-6-2-1-5-15(14)17)24(38)32-19(8-9-22(35)36)25(39)33-20(26(40)41)12-21(29)34/h1-2,5-6,13,16,18-20,30H,3-4,7-12,27-28H2,(H2,29,34)(H,31,37)(H,32,38)(H,33,39)(H,35,36)(H,40,41). The predicted molar refractivity (Wildman–Crippen MR) is 147 cm³/mol. The van der Waals surface area contributed by atoms with Gasteiger partial charge in [0, 0.05) is 23.5 Å². The summed E-state index contributed by atoms with van der Waals surface area (Å²) in [5.74, 6) is -6.26. The monoisotopic (exact) mass is 575 g/mol. The number of nitrogens with two attached hydrogens (primary N) is 3. The molecule has 0 aliphatic heterocycles. The van der Waals surface area contributed by atoms with Gasteiger partial charge < -0.3 is 48.3 Å². The zero-order valence-corrected chi connectivity index (χ0v) is 22.4. The van der Waals surface area contributed by atoms with Crippen LogP contribution in [0.1, 0.15) is 44.1 Å². The van der Waals surface area contributed by atoms with Gasteiger partial charge in [0.25, 0.3) is 0 Å². The first-order chi connectivity index (χ1) is 19.4. The molecule has 0 saturated heterocycles. The molecule has 0 aliphatic rings. The molecule has 4 unspecified atom stereocenters. The number of primary amides is 1. The Bertz CT molecular complexity index is 1250. The molecule has 0 spiro atoms. The average Bonchev–Trinajstić information content (AvgIpc) is 3.32. The number of unbranched alkanes of at least 4 members (excludes halogenated alkanes) is 1. The van der Waals surface area contributed by atoms with Crippen molar-refractivity contribution in [2.75, 3.05) is 6.54 Å². The summed E-state index contributed by atoms with van der Waals surface area (Å²) < 4.78 is 0. The fourth-order valence-corrected chi connectivity index (χ4v) is 4.15. The number of carbonyl (C=O) groups is 6. The maximum atomic E-state index is 13.2. The van der Waals surface area contributed by atoms with E-state index >= 15 is 0 Å². The maximum Gasteiger partial charge on any atom is 0.326 e. The van der Waals surface area contributed by atoms with Crippen LogP contribution in [0.4, 0.5) is 0 Å². The zero-order valence-electron chi connectivity index (χ0n) is 22.4. The molecular formula is C26H37N7O8. The molecule has 41 heavy (non-hydrogen) atoms. The van der Waals surface area contributed by atoms with E-state index in [-0.39, 0.29) is 19.3 Å². The number of para-hydroxylation sites is 1. The number of hydrogen-bond donors (Lipinski definition) is 9. The van der Waals surface area contributed by atoms with Crippen molar-refractivity contribution in [1.82, 2.24) is 20.9 Å². The highest BCUT2D eigenvalue weighted by atomic mass is 16.4. The molecule has 0 saturated carbocycles. The largest absolute Gasteiger partial charge is 0.481 e. The number of benzene rings is 1. The van der Waals surface area contributed by atoms with Crippen LogP contribution in [0.3, 0.4) is 0 Å². The van der Waals surface area contributed by atoms with Crippen molar-refractivity contribution in [1.29, 1.82) is 0 Å². The second-order valence-electron chi connectivity index (χ2n) is 9.58. The van der Waals surface area contributed by atoms with Crippen LogP contribution in [0.15, 0.2) is 30.5 Å². The summed E-state index contributed by atoms with van der Waals surface area (Å²) in [6.07, 6.45) is 1.40. The third kappa shape index (κ3) is 10.5. The van der Waals surface area contributed by atoms with Crippen molar-refractivity contribution in [3.8, 4) is 0 Å². The van der Waals surface area contributed by atoms with Gasteiger partial charge in [0.1, 0.15) is 18.1 Å². The highest BCUT2D eigenvalue weighted by molar-refractivity contribution is 5.95. The number of hydrogen-bond acceptors (Lipinski definition) is 8. The second kappa shape index (κ2) is 15.9. The van der Waals surface area contributed by atoms with Crippen LogP contribution in [0, 0.1) is 0 Å². The molecule has 2 aromatic rings. The minimum atomic E-state index is -1.69. The molecule has 1 heterocycles. The van der Waals surface area contributed by atoms with Crippen LogP contribution in [0.5, 0.6) is 0 Å². The summed E-state index contributed by atoms with van der Waals surface area (Å²) >= 11 is 0. The van der Waals surface area contributed by atoms with Gasteiger partial charge in [-0.3, -0.25) is 24.0 Å². The predicted octanol–water partition coefficient (Wildman–Crippen LogP) is -1.55. The minimum Gasteiger partial charge on any atom is -0.481 e. The Balaban J connectivity index is 2.16. The Morgan fingerprint density at radius 1 is 0.854 bits per heavy atom. The lowest BCUT2D eigenvalue weighted by atomic mass is 10.0. The zero-order chi connectivity index (χ0) is 30.5. The average molecular weight is 576 g/mol. The van der Waals surface area contributed by atoms with Crippen LogP contribution in [-0.4, -0.2) is 81.5 Å². The first-order valence-corrected chi connectivity index (χ1v) is 13.1. The van der Waals surface area contributed by atoms with Crippen molar-refractivity contribution < 1.29 is 39.0 Å². The fourth-order valence-electron chi connectivity index (χ4n) is 4.15. The number of carboxylic acids is 2. The molecule has 15 nitrogen and oxygen atoms in total. The van der Waals surface area contributed by atoms with E-state index in [9.17, 15) is 33.9 Å². The second-order valence-corrected chi connectivity index (χ2v) is 9.58. The molecule has 1 aromatic heterocycles. The number of carboxylic acid groups (broad SMARTS) is 2. The lowest BCUT2D eigenvalue weighted by Gasteiger charge is -2.25. The number of nitrogens with one attached hydrogen (secondary N) is 4. The van der Waals surface area contributed by atoms with E-state index < -0.39 is 72.6 Å². The van der Waals surface area contributed by atoms with Crippen molar-refractivity contribution >= 4 is 46.5 Å². The smallest absolute Gasteiger partial charge is 0.326 e. The molecule has 1 aromatic carbocycles. The maximum absolute atomic E-state index is 13.2. The van der Waals surface area contributed by atoms with Gasteiger partial charge in [-0.15, -0.1) is 0 Å². The van der Waals surface area contributed by atoms with Crippen molar-refractivity contribution in [2.45, 2.75) is 69.1 Å². The first-order valence-electron chi connectivity index (χ1n) is 13.1. The number of aromatic amines is 1. The molecule has 12 N–H and O–H groups in total. The van der Waals surface area contributed by atoms with E-state index in [1.165, 1.54) is 0 Å². The van der Waals surface area contributed by atoms with E-state index in [0.29, 0.717) is 19.4 Å². The quantitative estimate of drug-likeness (QED) is 0.0922. The minimum absolute atomic E-state index is 0.140. The Labute approximate surface area is 235 Å². The van der Waals surface area contributed by atoms with E-state index in [1.807, 2.05) is 24.3 Å². The van der Waals surface area contributed by atoms with E-state index in [4.69, 9.17) is 22.3 Å². The first kappa shape index (κ1) is 32.7. The molecule has 0 aliphatic carbocycles. The Kier molecular flexibility index (Phi) is 12.7. The Hall–Kier alpha value is -4.50. The fraction of sp³-hybridized carbons (Fsp3) is 0.462. The molecule has 2 rings (SSSR count). The highest BCUT2D eigenvalue weighted by Gasteiger charge is 2.31. The molecular weight excluding hydrogens is 538 g/mol. The molecule has 15 heteroatoms. The lowest BCUT2D eigenvalue weighted by molar-refractivity contribution is -0.144. The highest BCUT2D eigenvalue weighted by Crippen LogP contribution is 2.19. The number of aromatic nitrogens is 1. The third-order valence-corrected chi connectivity index (χ3v) is 6.33. The number of fused-ring (bicyclic) bond motifs is 1. The van der Waals surface area contributed by atoms with E-state index in [1.54, 1.807) is 6.20 Å². The van der Waals surface area contributed by atoms with Gasteiger partial charge in [0.05, 0.1) is 12.5 Å². The van der Waals surface area contributed by atoms with Crippen molar-refractivity contribution in [3.05, 3.63) is 36.0 Å². The van der Waals surface area contributed by atoms with Crippen LogP contribution in [-0.2, 0) is 35.2 Å². The lowest BCUT2D eigenvalue weighted by Crippen LogP contribution is -2.57. The van der Waals surface area contributed by atoms with Gasteiger partial charge in [0.2, 0.25) is 23.6 Å². The summed E-state index contributed by atoms with van der Waals surface area (Å²) in [7, 11) is 0. The Morgan fingerprint density at radius 3 is 2.07 bits per heavy atom. The summed E-state index contributed by atoms with van der Waals surface area (Å²) in [4.78, 5) is 75.9. The van der Waals surface area contributed by atoms with E-state index in [2.05, 4.69) is 20.9 Å². The number of carbonyl (C=O) groups excluding carboxylic acids is 4. The van der Waals surface area contributed by atoms with Gasteiger partial charge in [-0.2, -0.15) is 0 Å². The molecule has 4 atom stereocenters. The molecule has 224 valence electrons. The summed E-state index contributed by atoms with van der Waals surface area (Å²) in [5.41, 5.74) is 18.4. The van der Waals surface area contributed by atoms with Crippen molar-refractivity contribution in [3.63, 3.8) is 0 Å². The SMILES string of the molecule is NCCCCC(NC(=O)C(N)Cc1c[nH]c2ccccc12)C(=O)NC(CCC(=O)O)C(=O)NC(CC(N)=O)C(=O)O. The summed E-state index contributed by atoms with van der Waals surface area (Å²) in [5, 5.41) is 26.4. The normalized spacial score (nSPS) is 13.9. The molecule has 0 fully saturated rings. The molecule has 0 radical (unpaired) electrons.